The van der Waals surface area contributed by atoms with Crippen LogP contribution in [-0.4, -0.2) is 11.2 Å². The molecule has 0 spiro atoms. The summed E-state index contributed by atoms with van der Waals surface area (Å²) >= 11 is 1.76. The first kappa shape index (κ1) is 19.5. The number of thiophene rings is 1. The molecular formula is C24H28O2S. The molecule has 1 heterocycles. The summed E-state index contributed by atoms with van der Waals surface area (Å²) in [5.74, 6) is 1.79. The minimum Gasteiger partial charge on any atom is -0.488 e. The Kier molecular flexibility index (Phi) is 5.34. The summed E-state index contributed by atoms with van der Waals surface area (Å²) in [5, 5.41) is 2.14. The first-order valence-electron chi connectivity index (χ1n) is 9.27. The molecule has 3 aromatic rings. The quantitative estimate of drug-likeness (QED) is 0.468. The lowest BCUT2D eigenvalue weighted by molar-refractivity contribution is 0.130. The molecule has 0 amide bonds. The van der Waals surface area contributed by atoms with Gasteiger partial charge in [0.2, 0.25) is 0 Å². The van der Waals surface area contributed by atoms with Crippen molar-refractivity contribution in [1.82, 2.24) is 0 Å². The van der Waals surface area contributed by atoms with Crippen LogP contribution in [0, 0.1) is 0 Å². The fourth-order valence-corrected chi connectivity index (χ4v) is 3.77. The smallest absolute Gasteiger partial charge is 0.120 e. The molecule has 3 heteroatoms. The van der Waals surface area contributed by atoms with E-state index >= 15 is 0 Å². The van der Waals surface area contributed by atoms with Crippen molar-refractivity contribution in [1.29, 1.82) is 0 Å². The molecule has 0 saturated carbocycles. The molecule has 0 N–H and O–H groups in total. The van der Waals surface area contributed by atoms with Crippen LogP contribution >= 0.6 is 11.3 Å². The first-order chi connectivity index (χ1) is 12.6. The molecule has 0 aliphatic rings. The molecule has 0 aliphatic heterocycles. The summed E-state index contributed by atoms with van der Waals surface area (Å²) in [7, 11) is 0. The van der Waals surface area contributed by atoms with Crippen molar-refractivity contribution in [3.8, 4) is 33.1 Å². The Balaban J connectivity index is 1.84. The van der Waals surface area contributed by atoms with Crippen molar-refractivity contribution < 1.29 is 9.47 Å². The van der Waals surface area contributed by atoms with Gasteiger partial charge in [0.05, 0.1) is 0 Å². The summed E-state index contributed by atoms with van der Waals surface area (Å²) in [6.45, 7) is 12.4. The second-order valence-corrected chi connectivity index (χ2v) is 9.56. The number of benzene rings is 2. The molecule has 142 valence electrons. The monoisotopic (exact) mass is 380 g/mol. The van der Waals surface area contributed by atoms with E-state index in [4.69, 9.17) is 9.47 Å². The maximum absolute atomic E-state index is 5.93. The van der Waals surface area contributed by atoms with Crippen molar-refractivity contribution in [3.63, 3.8) is 0 Å². The highest BCUT2D eigenvalue weighted by atomic mass is 32.1. The van der Waals surface area contributed by atoms with E-state index in [0.717, 1.165) is 11.5 Å². The van der Waals surface area contributed by atoms with E-state index in [2.05, 4.69) is 77.3 Å². The van der Waals surface area contributed by atoms with E-state index in [1.54, 1.807) is 11.3 Å². The molecule has 0 atom stereocenters. The zero-order valence-electron chi connectivity index (χ0n) is 17.0. The van der Waals surface area contributed by atoms with Crippen LogP contribution in [0.25, 0.3) is 21.6 Å². The third-order valence-corrected chi connectivity index (χ3v) is 4.76. The van der Waals surface area contributed by atoms with E-state index < -0.39 is 0 Å². The summed E-state index contributed by atoms with van der Waals surface area (Å²) in [5.41, 5.74) is 3.27. The first-order valence-corrected chi connectivity index (χ1v) is 10.2. The van der Waals surface area contributed by atoms with E-state index in [9.17, 15) is 0 Å². The van der Waals surface area contributed by atoms with Gasteiger partial charge in [0.1, 0.15) is 22.7 Å². The molecule has 27 heavy (non-hydrogen) atoms. The average molecular weight is 381 g/mol. The van der Waals surface area contributed by atoms with Gasteiger partial charge in [-0.25, -0.2) is 0 Å². The van der Waals surface area contributed by atoms with Crippen molar-refractivity contribution in [2.24, 2.45) is 0 Å². The van der Waals surface area contributed by atoms with Crippen LogP contribution in [0.3, 0.4) is 0 Å². The van der Waals surface area contributed by atoms with Crippen LogP contribution < -0.4 is 9.47 Å². The SMILES string of the molecule is CC(C)(C)Oc1ccc(-c2ccsc2-c2ccc(OC(C)(C)C)cc2)cc1. The summed E-state index contributed by atoms with van der Waals surface area (Å²) in [6, 6.07) is 18.9. The normalized spacial score (nSPS) is 12.1. The molecule has 0 fully saturated rings. The lowest BCUT2D eigenvalue weighted by Crippen LogP contribution is -2.22. The van der Waals surface area contributed by atoms with Gasteiger partial charge in [-0.2, -0.15) is 0 Å². The highest BCUT2D eigenvalue weighted by Crippen LogP contribution is 2.38. The van der Waals surface area contributed by atoms with Crippen LogP contribution in [0.15, 0.2) is 60.0 Å². The highest BCUT2D eigenvalue weighted by molar-refractivity contribution is 7.14. The lowest BCUT2D eigenvalue weighted by atomic mass is 10.0. The maximum atomic E-state index is 5.93. The predicted molar refractivity (Wildman–Crippen MR) is 116 cm³/mol. The summed E-state index contributed by atoms with van der Waals surface area (Å²) < 4.78 is 11.9. The minimum absolute atomic E-state index is 0.188. The Morgan fingerprint density at radius 2 is 1.04 bits per heavy atom. The van der Waals surface area contributed by atoms with E-state index in [1.807, 2.05) is 24.3 Å². The lowest BCUT2D eigenvalue weighted by Gasteiger charge is -2.21. The van der Waals surface area contributed by atoms with Gasteiger partial charge in [0, 0.05) is 10.4 Å². The molecule has 0 bridgehead atoms. The average Bonchev–Trinajstić information content (AvgIpc) is 3.03. The molecule has 2 nitrogen and oxygen atoms in total. The third-order valence-electron chi connectivity index (χ3n) is 3.80. The van der Waals surface area contributed by atoms with Crippen molar-refractivity contribution in [3.05, 3.63) is 60.0 Å². The Hall–Kier alpha value is -2.26. The second-order valence-electron chi connectivity index (χ2n) is 8.64. The Morgan fingerprint density at radius 1 is 0.593 bits per heavy atom. The standard InChI is InChI=1S/C24H28O2S/c1-23(2,3)25-19-11-7-17(8-12-19)21-15-16-27-22(21)18-9-13-20(14-10-18)26-24(4,5)6/h7-16H,1-6H3. The van der Waals surface area contributed by atoms with Crippen LogP contribution in [-0.2, 0) is 0 Å². The van der Waals surface area contributed by atoms with E-state index in [1.165, 1.54) is 21.6 Å². The molecule has 0 radical (unpaired) electrons. The topological polar surface area (TPSA) is 18.5 Å². The van der Waals surface area contributed by atoms with Gasteiger partial charge < -0.3 is 9.47 Å². The number of hydrogen-bond donors (Lipinski definition) is 0. The largest absolute Gasteiger partial charge is 0.488 e. The molecular weight excluding hydrogens is 352 g/mol. The van der Waals surface area contributed by atoms with Gasteiger partial charge in [-0.1, -0.05) is 12.1 Å². The maximum Gasteiger partial charge on any atom is 0.120 e. The van der Waals surface area contributed by atoms with Crippen LogP contribution in [0.1, 0.15) is 41.5 Å². The van der Waals surface area contributed by atoms with Crippen molar-refractivity contribution in [2.75, 3.05) is 0 Å². The van der Waals surface area contributed by atoms with Crippen molar-refractivity contribution >= 4 is 11.3 Å². The molecule has 0 aliphatic carbocycles. The molecule has 3 rings (SSSR count). The summed E-state index contributed by atoms with van der Waals surface area (Å²) in [6.07, 6.45) is 0. The molecule has 1 aromatic heterocycles. The molecule has 2 aromatic carbocycles. The van der Waals surface area contributed by atoms with Gasteiger partial charge in [-0.15, -0.1) is 11.3 Å². The Morgan fingerprint density at radius 3 is 1.48 bits per heavy atom. The predicted octanol–water partition coefficient (Wildman–Crippen LogP) is 7.44. The fraction of sp³-hybridized carbons (Fsp3) is 0.333. The van der Waals surface area contributed by atoms with E-state index in [-0.39, 0.29) is 11.2 Å². The van der Waals surface area contributed by atoms with E-state index in [0.29, 0.717) is 0 Å². The number of hydrogen-bond acceptors (Lipinski definition) is 3. The molecule has 0 unspecified atom stereocenters. The zero-order chi connectivity index (χ0) is 19.7. The van der Waals surface area contributed by atoms with Gasteiger partial charge in [0.25, 0.3) is 0 Å². The Labute approximate surface area is 166 Å². The van der Waals surface area contributed by atoms with Crippen LogP contribution in [0.2, 0.25) is 0 Å². The van der Waals surface area contributed by atoms with Crippen LogP contribution in [0.4, 0.5) is 0 Å². The number of rotatable bonds is 4. The van der Waals surface area contributed by atoms with Gasteiger partial charge in [-0.3, -0.25) is 0 Å². The Bertz CT molecular complexity index is 802. The fourth-order valence-electron chi connectivity index (χ4n) is 2.84. The highest BCUT2D eigenvalue weighted by Gasteiger charge is 2.14. The van der Waals surface area contributed by atoms with Gasteiger partial charge in [-0.05, 0) is 101 Å². The third kappa shape index (κ3) is 5.36. The summed E-state index contributed by atoms with van der Waals surface area (Å²) in [4.78, 5) is 1.27. The van der Waals surface area contributed by atoms with Gasteiger partial charge in [0.15, 0.2) is 0 Å². The van der Waals surface area contributed by atoms with Crippen LogP contribution in [0.5, 0.6) is 11.5 Å². The zero-order valence-corrected chi connectivity index (χ0v) is 17.8. The minimum atomic E-state index is -0.189. The van der Waals surface area contributed by atoms with Crippen molar-refractivity contribution in [2.45, 2.75) is 52.7 Å². The number of ether oxygens (including phenoxy) is 2. The second kappa shape index (κ2) is 7.40. The molecule has 0 saturated heterocycles. The van der Waals surface area contributed by atoms with Gasteiger partial charge >= 0.3 is 0 Å².